The molecule has 0 saturated heterocycles. The van der Waals surface area contributed by atoms with E-state index in [1.807, 2.05) is 0 Å². The number of hydrogen-bond acceptors (Lipinski definition) is 3. The van der Waals surface area contributed by atoms with Gasteiger partial charge in [0, 0.05) is 5.56 Å². The van der Waals surface area contributed by atoms with Crippen LogP contribution in [-0.2, 0) is 0 Å². The minimum atomic E-state index is -0.303. The average Bonchev–Trinajstić information content (AvgIpc) is 2.22. The summed E-state index contributed by atoms with van der Waals surface area (Å²) < 4.78 is 13.6. The molecule has 0 aliphatic carbocycles. The highest BCUT2D eigenvalue weighted by Gasteiger charge is 2.04. The summed E-state index contributed by atoms with van der Waals surface area (Å²) in [5.74, 6) is 0.0115. The van der Waals surface area contributed by atoms with E-state index in [9.17, 15) is 4.39 Å². The number of nitrogens with zero attached hydrogens (tertiary/aromatic N) is 2. The van der Waals surface area contributed by atoms with Crippen LogP contribution in [0.5, 0.6) is 0 Å². The molecule has 1 aromatic carbocycles. The van der Waals surface area contributed by atoms with Crippen molar-refractivity contribution in [1.82, 2.24) is 10.2 Å². The van der Waals surface area contributed by atoms with Crippen LogP contribution in [0.15, 0.2) is 34.8 Å². The SMILES string of the molecule is Nc1nnc(-c2cccc(F)c2)cc1Br. The van der Waals surface area contributed by atoms with Crippen LogP contribution >= 0.6 is 15.9 Å². The van der Waals surface area contributed by atoms with Crippen LogP contribution in [0.1, 0.15) is 0 Å². The second-order valence-corrected chi connectivity index (χ2v) is 3.83. The highest BCUT2D eigenvalue weighted by Crippen LogP contribution is 2.23. The first-order valence-electron chi connectivity index (χ1n) is 4.21. The third kappa shape index (κ3) is 2.12. The van der Waals surface area contributed by atoms with Crippen LogP contribution in [0.25, 0.3) is 11.3 Å². The van der Waals surface area contributed by atoms with E-state index in [2.05, 4.69) is 26.1 Å². The molecular formula is C10H7BrFN3. The lowest BCUT2D eigenvalue weighted by atomic mass is 10.1. The van der Waals surface area contributed by atoms with Crippen molar-refractivity contribution in [3.8, 4) is 11.3 Å². The smallest absolute Gasteiger partial charge is 0.160 e. The van der Waals surface area contributed by atoms with Crippen molar-refractivity contribution in [1.29, 1.82) is 0 Å². The Bertz CT molecular complexity index is 502. The van der Waals surface area contributed by atoms with Crippen molar-refractivity contribution >= 4 is 21.7 Å². The Hall–Kier alpha value is -1.49. The number of hydrogen-bond donors (Lipinski definition) is 1. The molecule has 1 aromatic heterocycles. The number of anilines is 1. The number of halogens is 2. The van der Waals surface area contributed by atoms with Crippen LogP contribution < -0.4 is 5.73 Å². The van der Waals surface area contributed by atoms with Gasteiger partial charge in [-0.25, -0.2) is 4.39 Å². The van der Waals surface area contributed by atoms with Gasteiger partial charge < -0.3 is 5.73 Å². The van der Waals surface area contributed by atoms with Gasteiger partial charge in [-0.3, -0.25) is 0 Å². The van der Waals surface area contributed by atoms with Crippen molar-refractivity contribution in [2.75, 3.05) is 5.73 Å². The molecule has 0 amide bonds. The number of nitrogens with two attached hydrogens (primary N) is 1. The molecule has 76 valence electrons. The molecule has 2 aromatic rings. The summed E-state index contributed by atoms with van der Waals surface area (Å²) in [4.78, 5) is 0. The molecule has 15 heavy (non-hydrogen) atoms. The summed E-state index contributed by atoms with van der Waals surface area (Å²) in [6.07, 6.45) is 0. The predicted octanol–water partition coefficient (Wildman–Crippen LogP) is 2.63. The van der Waals surface area contributed by atoms with Gasteiger partial charge in [0.05, 0.1) is 10.2 Å². The molecule has 2 rings (SSSR count). The zero-order valence-corrected chi connectivity index (χ0v) is 9.20. The van der Waals surface area contributed by atoms with Gasteiger partial charge in [0.15, 0.2) is 5.82 Å². The summed E-state index contributed by atoms with van der Waals surface area (Å²) in [7, 11) is 0. The van der Waals surface area contributed by atoms with Crippen molar-refractivity contribution in [3.05, 3.63) is 40.6 Å². The maximum Gasteiger partial charge on any atom is 0.160 e. The normalized spacial score (nSPS) is 10.3. The van der Waals surface area contributed by atoms with Gasteiger partial charge in [0.25, 0.3) is 0 Å². The fourth-order valence-electron chi connectivity index (χ4n) is 1.17. The molecule has 0 unspecified atom stereocenters. The zero-order chi connectivity index (χ0) is 10.8. The number of benzene rings is 1. The van der Waals surface area contributed by atoms with E-state index in [0.717, 1.165) is 0 Å². The highest BCUT2D eigenvalue weighted by molar-refractivity contribution is 9.10. The van der Waals surface area contributed by atoms with Gasteiger partial charge in [-0.05, 0) is 34.1 Å². The molecule has 0 radical (unpaired) electrons. The Morgan fingerprint density at radius 3 is 2.67 bits per heavy atom. The van der Waals surface area contributed by atoms with Crippen LogP contribution in [0, 0.1) is 5.82 Å². The first-order chi connectivity index (χ1) is 7.16. The Labute approximate surface area is 94.3 Å². The minimum Gasteiger partial charge on any atom is -0.381 e. The van der Waals surface area contributed by atoms with Gasteiger partial charge in [0.2, 0.25) is 0 Å². The third-order valence-electron chi connectivity index (χ3n) is 1.89. The van der Waals surface area contributed by atoms with Gasteiger partial charge in [-0.1, -0.05) is 12.1 Å². The molecular weight excluding hydrogens is 261 g/mol. The molecule has 0 atom stereocenters. The van der Waals surface area contributed by atoms with E-state index in [4.69, 9.17) is 5.73 Å². The Morgan fingerprint density at radius 2 is 2.00 bits per heavy atom. The second kappa shape index (κ2) is 3.94. The molecule has 1 heterocycles. The monoisotopic (exact) mass is 267 g/mol. The summed E-state index contributed by atoms with van der Waals surface area (Å²) in [5, 5.41) is 7.62. The lowest BCUT2D eigenvalue weighted by Crippen LogP contribution is -1.96. The lowest BCUT2D eigenvalue weighted by Gasteiger charge is -2.01. The van der Waals surface area contributed by atoms with E-state index in [1.54, 1.807) is 18.2 Å². The van der Waals surface area contributed by atoms with Crippen molar-refractivity contribution in [2.45, 2.75) is 0 Å². The highest BCUT2D eigenvalue weighted by atomic mass is 79.9. The van der Waals surface area contributed by atoms with Crippen molar-refractivity contribution in [2.24, 2.45) is 0 Å². The summed E-state index contributed by atoms with van der Waals surface area (Å²) >= 11 is 3.24. The van der Waals surface area contributed by atoms with E-state index in [-0.39, 0.29) is 5.82 Å². The van der Waals surface area contributed by atoms with Crippen LogP contribution in [0.4, 0.5) is 10.2 Å². The third-order valence-corrected chi connectivity index (χ3v) is 2.53. The van der Waals surface area contributed by atoms with E-state index >= 15 is 0 Å². The van der Waals surface area contributed by atoms with Crippen molar-refractivity contribution < 1.29 is 4.39 Å². The maximum absolute atomic E-state index is 12.9. The van der Waals surface area contributed by atoms with Gasteiger partial charge >= 0.3 is 0 Å². The quantitative estimate of drug-likeness (QED) is 0.864. The predicted molar refractivity (Wildman–Crippen MR) is 59.5 cm³/mol. The largest absolute Gasteiger partial charge is 0.381 e. The van der Waals surface area contributed by atoms with Gasteiger partial charge in [-0.15, -0.1) is 10.2 Å². The van der Waals surface area contributed by atoms with Crippen LogP contribution in [0.2, 0.25) is 0 Å². The molecule has 0 aliphatic rings. The molecule has 0 saturated carbocycles. The van der Waals surface area contributed by atoms with Crippen LogP contribution in [-0.4, -0.2) is 10.2 Å². The second-order valence-electron chi connectivity index (χ2n) is 2.97. The first-order valence-corrected chi connectivity index (χ1v) is 5.01. The number of rotatable bonds is 1. The lowest BCUT2D eigenvalue weighted by molar-refractivity contribution is 0.628. The summed E-state index contributed by atoms with van der Waals surface area (Å²) in [6, 6.07) is 7.86. The van der Waals surface area contributed by atoms with Gasteiger partial charge in [0.1, 0.15) is 5.82 Å². The summed E-state index contributed by atoms with van der Waals surface area (Å²) in [6.45, 7) is 0. The molecule has 0 spiro atoms. The number of aromatic nitrogens is 2. The Kier molecular flexibility index (Phi) is 2.64. The van der Waals surface area contributed by atoms with Crippen LogP contribution in [0.3, 0.4) is 0 Å². The summed E-state index contributed by atoms with van der Waals surface area (Å²) in [5.41, 5.74) is 6.75. The molecule has 0 aliphatic heterocycles. The molecule has 2 N–H and O–H groups in total. The fourth-order valence-corrected chi connectivity index (χ4v) is 1.46. The molecule has 5 heteroatoms. The average molecular weight is 268 g/mol. The molecule has 0 bridgehead atoms. The van der Waals surface area contributed by atoms with Gasteiger partial charge in [-0.2, -0.15) is 0 Å². The fraction of sp³-hybridized carbons (Fsp3) is 0. The zero-order valence-electron chi connectivity index (χ0n) is 7.61. The standard InChI is InChI=1S/C10H7BrFN3/c11-8-5-9(14-15-10(8)13)6-2-1-3-7(12)4-6/h1-5H,(H2,13,15). The minimum absolute atomic E-state index is 0.303. The Balaban J connectivity index is 2.50. The van der Waals surface area contributed by atoms with E-state index < -0.39 is 0 Å². The molecule has 3 nitrogen and oxygen atoms in total. The first kappa shape index (κ1) is 10.0. The topological polar surface area (TPSA) is 51.8 Å². The maximum atomic E-state index is 12.9. The Morgan fingerprint density at radius 1 is 1.20 bits per heavy atom. The number of nitrogen functional groups attached to an aromatic ring is 1. The molecule has 0 fully saturated rings. The van der Waals surface area contributed by atoms with E-state index in [1.165, 1.54) is 12.1 Å². The van der Waals surface area contributed by atoms with E-state index in [0.29, 0.717) is 21.5 Å². The van der Waals surface area contributed by atoms with Crippen molar-refractivity contribution in [3.63, 3.8) is 0 Å².